The molecule has 0 bridgehead atoms. The maximum absolute atomic E-state index is 11.4. The first kappa shape index (κ1) is 26.3. The molecule has 0 aromatic heterocycles. The molecule has 190 valence electrons. The predicted octanol–water partition coefficient (Wildman–Crippen LogP) is 1.89. The average molecular weight is 500 g/mol. The van der Waals surface area contributed by atoms with E-state index in [-0.39, 0.29) is 35.2 Å². The van der Waals surface area contributed by atoms with E-state index < -0.39 is 33.9 Å². The first-order valence-electron chi connectivity index (χ1n) is 10.5. The molecule has 1 aliphatic rings. The topological polar surface area (TPSA) is 194 Å². The van der Waals surface area contributed by atoms with Crippen molar-refractivity contribution in [1.29, 1.82) is 5.26 Å². The zero-order chi connectivity index (χ0) is 26.5. The van der Waals surface area contributed by atoms with Crippen molar-refractivity contribution in [2.45, 2.75) is 37.5 Å². The maximum Gasteiger partial charge on any atom is 0.270 e. The zero-order valence-corrected chi connectivity index (χ0v) is 19.6. The van der Waals surface area contributed by atoms with Gasteiger partial charge in [-0.2, -0.15) is 5.26 Å². The second kappa shape index (κ2) is 11.0. The molecule has 14 heteroatoms. The minimum Gasteiger partial charge on any atom is -0.479 e. The standard InChI is InChI=1S/C22H24N6O8/c1-22(20(34-2)35-3)19(29)18(16-10-15(28(32)33)7-8-17(16)36-22)26-21(25-12-23)24-11-13-5-4-6-14(9-13)27(30)31/h4-10,18-20,29H,11H2,1-3H3,(H2,24,25,26)/t18-,19-,22-/m0/s1. The number of guanidine groups is 1. The van der Waals surface area contributed by atoms with Crippen LogP contribution in [0.2, 0.25) is 0 Å². The second-order valence-corrected chi connectivity index (χ2v) is 7.96. The summed E-state index contributed by atoms with van der Waals surface area (Å²) in [6, 6.07) is 8.65. The monoisotopic (exact) mass is 500 g/mol. The summed E-state index contributed by atoms with van der Waals surface area (Å²) in [7, 11) is 2.74. The van der Waals surface area contributed by atoms with Crippen molar-refractivity contribution in [3.05, 3.63) is 73.8 Å². The van der Waals surface area contributed by atoms with Gasteiger partial charge in [0, 0.05) is 44.0 Å². The summed E-state index contributed by atoms with van der Waals surface area (Å²) in [5.41, 5.74) is -1.09. The number of nitro benzene ring substituents is 2. The lowest BCUT2D eigenvalue weighted by molar-refractivity contribution is -0.385. The Morgan fingerprint density at radius 3 is 2.50 bits per heavy atom. The summed E-state index contributed by atoms with van der Waals surface area (Å²) in [5, 5.41) is 48.3. The van der Waals surface area contributed by atoms with Crippen LogP contribution in [0.1, 0.15) is 24.1 Å². The Kier molecular flexibility index (Phi) is 8.00. The molecule has 2 aromatic rings. The van der Waals surface area contributed by atoms with E-state index in [1.54, 1.807) is 19.2 Å². The Bertz CT molecular complexity index is 1210. The number of nitrogens with zero attached hydrogens (tertiary/aromatic N) is 4. The molecular formula is C22H24N6O8. The number of ether oxygens (including phenoxy) is 3. The summed E-state index contributed by atoms with van der Waals surface area (Å²) in [6.45, 7) is 1.50. The van der Waals surface area contributed by atoms with Crippen molar-refractivity contribution >= 4 is 17.3 Å². The van der Waals surface area contributed by atoms with Gasteiger partial charge in [-0.05, 0) is 18.6 Å². The Labute approximate surface area is 205 Å². The third-order valence-corrected chi connectivity index (χ3v) is 5.68. The molecule has 36 heavy (non-hydrogen) atoms. The van der Waals surface area contributed by atoms with Gasteiger partial charge < -0.3 is 24.6 Å². The van der Waals surface area contributed by atoms with Crippen LogP contribution < -0.4 is 15.4 Å². The number of nitrogens with one attached hydrogen (secondary N) is 2. The molecule has 0 radical (unpaired) electrons. The first-order chi connectivity index (χ1) is 17.1. The fourth-order valence-electron chi connectivity index (χ4n) is 3.95. The number of methoxy groups -OCH3 is 2. The van der Waals surface area contributed by atoms with Gasteiger partial charge in [-0.3, -0.25) is 25.5 Å². The van der Waals surface area contributed by atoms with Crippen LogP contribution in [-0.4, -0.2) is 53.1 Å². The molecule has 0 fully saturated rings. The van der Waals surface area contributed by atoms with Crippen LogP contribution >= 0.6 is 0 Å². The van der Waals surface area contributed by atoms with Crippen molar-refractivity contribution < 1.29 is 29.2 Å². The number of rotatable bonds is 8. The van der Waals surface area contributed by atoms with Gasteiger partial charge >= 0.3 is 0 Å². The average Bonchev–Trinajstić information content (AvgIpc) is 2.85. The molecule has 1 aliphatic heterocycles. The highest BCUT2D eigenvalue weighted by Gasteiger charge is 2.52. The molecule has 1 heterocycles. The molecule has 3 rings (SSSR count). The number of benzene rings is 2. The number of hydrogen-bond acceptors (Lipinski definition) is 10. The van der Waals surface area contributed by atoms with Gasteiger partial charge in [0.25, 0.3) is 11.4 Å². The number of aliphatic hydroxyl groups is 1. The fourth-order valence-corrected chi connectivity index (χ4v) is 3.95. The van der Waals surface area contributed by atoms with E-state index in [9.17, 15) is 30.6 Å². The molecule has 3 atom stereocenters. The van der Waals surface area contributed by atoms with Crippen LogP contribution in [0.25, 0.3) is 0 Å². The summed E-state index contributed by atoms with van der Waals surface area (Å²) < 4.78 is 16.7. The lowest BCUT2D eigenvalue weighted by Gasteiger charge is -2.46. The molecule has 0 unspecified atom stereocenters. The molecule has 0 saturated carbocycles. The molecule has 14 nitrogen and oxygen atoms in total. The smallest absolute Gasteiger partial charge is 0.270 e. The number of non-ortho nitro benzene ring substituents is 2. The highest BCUT2D eigenvalue weighted by Crippen LogP contribution is 2.43. The number of aliphatic imine (C=N–C) groups is 1. The number of hydrogen-bond donors (Lipinski definition) is 3. The third kappa shape index (κ3) is 5.33. The van der Waals surface area contributed by atoms with Gasteiger partial charge in [0.1, 0.15) is 11.9 Å². The molecule has 0 saturated heterocycles. The largest absolute Gasteiger partial charge is 0.479 e. The van der Waals surface area contributed by atoms with E-state index in [0.29, 0.717) is 5.56 Å². The summed E-state index contributed by atoms with van der Waals surface area (Å²) >= 11 is 0. The number of nitriles is 1. The fraction of sp³-hybridized carbons (Fsp3) is 0.364. The van der Waals surface area contributed by atoms with Crippen LogP contribution in [0, 0.1) is 31.7 Å². The van der Waals surface area contributed by atoms with Crippen LogP contribution in [0.5, 0.6) is 5.75 Å². The highest BCUT2D eigenvalue weighted by molar-refractivity contribution is 5.82. The first-order valence-corrected chi connectivity index (χ1v) is 10.5. The van der Waals surface area contributed by atoms with Crippen LogP contribution in [0.3, 0.4) is 0 Å². The maximum atomic E-state index is 11.4. The van der Waals surface area contributed by atoms with E-state index in [4.69, 9.17) is 14.2 Å². The van der Waals surface area contributed by atoms with Crippen molar-refractivity contribution in [2.24, 2.45) is 4.99 Å². The molecule has 0 aliphatic carbocycles. The minimum absolute atomic E-state index is 0.0458. The Hall–Kier alpha value is -4.32. The van der Waals surface area contributed by atoms with Gasteiger partial charge in [-0.15, -0.1) is 0 Å². The quantitative estimate of drug-likeness (QED) is 0.0911. The number of aliphatic hydroxyl groups excluding tert-OH is 1. The predicted molar refractivity (Wildman–Crippen MR) is 125 cm³/mol. The van der Waals surface area contributed by atoms with E-state index in [0.717, 1.165) is 0 Å². The summed E-state index contributed by atoms with van der Waals surface area (Å²) in [5.74, 6) is 0.140. The zero-order valence-electron chi connectivity index (χ0n) is 19.6. The summed E-state index contributed by atoms with van der Waals surface area (Å²) in [4.78, 5) is 25.6. The molecule has 3 N–H and O–H groups in total. The highest BCUT2D eigenvalue weighted by atomic mass is 16.7. The summed E-state index contributed by atoms with van der Waals surface area (Å²) in [6.07, 6.45) is -0.700. The van der Waals surface area contributed by atoms with E-state index in [2.05, 4.69) is 15.6 Å². The van der Waals surface area contributed by atoms with Gasteiger partial charge in [-0.1, -0.05) is 12.1 Å². The van der Waals surface area contributed by atoms with Gasteiger partial charge in [0.15, 0.2) is 18.1 Å². The molecule has 0 spiro atoms. The van der Waals surface area contributed by atoms with E-state index >= 15 is 0 Å². The van der Waals surface area contributed by atoms with Crippen molar-refractivity contribution in [2.75, 3.05) is 14.2 Å². The van der Waals surface area contributed by atoms with Crippen LogP contribution in [0.4, 0.5) is 11.4 Å². The SMILES string of the molecule is COC(OC)[C@@]1(C)Oc2ccc([N+](=O)[O-])cc2[C@H](NC(=NCc2cccc([N+](=O)[O-])c2)NC#N)[C@@H]1O. The number of fused-ring (bicyclic) bond motifs is 1. The van der Waals surface area contributed by atoms with Gasteiger partial charge in [0.05, 0.1) is 22.4 Å². The minimum atomic E-state index is -1.47. The number of nitro groups is 2. The van der Waals surface area contributed by atoms with E-state index in [1.807, 2.05) is 0 Å². The van der Waals surface area contributed by atoms with Crippen molar-refractivity contribution in [3.63, 3.8) is 0 Å². The second-order valence-electron chi connectivity index (χ2n) is 7.96. The van der Waals surface area contributed by atoms with Crippen LogP contribution in [0.15, 0.2) is 47.5 Å². The Balaban J connectivity index is 2.02. The molecular weight excluding hydrogens is 476 g/mol. The Morgan fingerprint density at radius 2 is 1.89 bits per heavy atom. The third-order valence-electron chi connectivity index (χ3n) is 5.68. The van der Waals surface area contributed by atoms with Crippen molar-refractivity contribution in [1.82, 2.24) is 10.6 Å². The van der Waals surface area contributed by atoms with E-state index in [1.165, 1.54) is 50.6 Å². The molecule has 2 aromatic carbocycles. The Morgan fingerprint density at radius 1 is 1.22 bits per heavy atom. The normalized spacial score (nSPS) is 21.2. The lowest BCUT2D eigenvalue weighted by atomic mass is 9.84. The van der Waals surface area contributed by atoms with Gasteiger partial charge in [0.2, 0.25) is 5.96 Å². The van der Waals surface area contributed by atoms with Gasteiger partial charge in [-0.25, -0.2) is 4.99 Å². The lowest BCUT2D eigenvalue weighted by Crippen LogP contribution is -2.62. The molecule has 0 amide bonds. The van der Waals surface area contributed by atoms with Crippen LogP contribution in [-0.2, 0) is 16.0 Å². The van der Waals surface area contributed by atoms with Crippen molar-refractivity contribution in [3.8, 4) is 11.9 Å².